The highest BCUT2D eigenvalue weighted by molar-refractivity contribution is 14.0. The van der Waals surface area contributed by atoms with Gasteiger partial charge in [-0.2, -0.15) is 5.10 Å². The minimum Gasteiger partial charge on any atom is -0.466 e. The molecule has 1 fully saturated rings. The molecule has 2 aromatic heterocycles. The Morgan fingerprint density at radius 1 is 1.54 bits per heavy atom. The summed E-state index contributed by atoms with van der Waals surface area (Å²) in [5.74, 6) is 1.25. The number of nitrogens with zero attached hydrogens (tertiary/aromatic N) is 4. The Bertz CT molecular complexity index is 714. The quantitative estimate of drug-likeness (QED) is 0.396. The Kier molecular flexibility index (Phi) is 7.07. The third-order valence-electron chi connectivity index (χ3n) is 4.32. The van der Waals surface area contributed by atoms with Crippen LogP contribution in [0.1, 0.15) is 24.4 Å². The van der Waals surface area contributed by atoms with Crippen LogP contribution < -0.4 is 5.32 Å². The molecule has 2 N–H and O–H groups in total. The molecule has 0 aromatic carbocycles. The monoisotopic (exact) mass is 475 g/mol. The van der Waals surface area contributed by atoms with Gasteiger partial charge in [0.1, 0.15) is 17.5 Å². The van der Waals surface area contributed by atoms with Crippen molar-refractivity contribution in [3.05, 3.63) is 42.1 Å². The highest BCUT2D eigenvalue weighted by atomic mass is 127. The predicted octanol–water partition coefficient (Wildman–Crippen LogP) is 1.49. The van der Waals surface area contributed by atoms with Crippen molar-refractivity contribution in [3.8, 4) is 0 Å². The van der Waals surface area contributed by atoms with Crippen molar-refractivity contribution in [1.82, 2.24) is 20.0 Å². The van der Waals surface area contributed by atoms with E-state index in [-0.39, 0.29) is 30.1 Å². The lowest BCUT2D eigenvalue weighted by Gasteiger charge is -2.35. The smallest absolute Gasteiger partial charge is 0.193 e. The second-order valence-corrected chi connectivity index (χ2v) is 6.40. The molecule has 8 nitrogen and oxygen atoms in total. The third kappa shape index (κ3) is 4.77. The molecule has 1 saturated heterocycles. The summed E-state index contributed by atoms with van der Waals surface area (Å²) in [6, 6.07) is 3.52. The molecule has 1 aliphatic heterocycles. The Morgan fingerprint density at radius 2 is 2.35 bits per heavy atom. The van der Waals surface area contributed by atoms with E-state index in [2.05, 4.69) is 20.3 Å². The topological polar surface area (TPSA) is 88.1 Å². The van der Waals surface area contributed by atoms with Crippen LogP contribution in [0.3, 0.4) is 0 Å². The van der Waals surface area contributed by atoms with Crippen LogP contribution in [0, 0.1) is 0 Å². The molecule has 1 aliphatic rings. The van der Waals surface area contributed by atoms with E-state index < -0.39 is 5.60 Å². The minimum atomic E-state index is -1.12. The number of nitrogens with one attached hydrogen (secondary N) is 1. The number of aliphatic imine (C=N–C) groups is 1. The lowest BCUT2D eigenvalue weighted by atomic mass is 10.0. The number of hydrogen-bond acceptors (Lipinski definition) is 5. The summed E-state index contributed by atoms with van der Waals surface area (Å²) in [6.45, 7) is 4.02. The number of hydrogen-bond donors (Lipinski definition) is 2. The van der Waals surface area contributed by atoms with Crippen LogP contribution in [-0.2, 0) is 17.4 Å². The van der Waals surface area contributed by atoms with E-state index in [0.29, 0.717) is 25.5 Å². The van der Waals surface area contributed by atoms with Gasteiger partial charge in [0, 0.05) is 32.4 Å². The predicted molar refractivity (Wildman–Crippen MR) is 109 cm³/mol. The van der Waals surface area contributed by atoms with Crippen LogP contribution in [0.5, 0.6) is 0 Å². The van der Waals surface area contributed by atoms with Crippen molar-refractivity contribution in [2.24, 2.45) is 12.0 Å². The summed E-state index contributed by atoms with van der Waals surface area (Å²) in [4.78, 5) is 6.47. The average molecular weight is 475 g/mol. The highest BCUT2D eigenvalue weighted by Gasteiger charge is 2.29. The van der Waals surface area contributed by atoms with Gasteiger partial charge in [-0.25, -0.2) is 0 Å². The Hall–Kier alpha value is -1.59. The van der Waals surface area contributed by atoms with Crippen molar-refractivity contribution >= 4 is 29.9 Å². The molecule has 0 amide bonds. The van der Waals surface area contributed by atoms with Crippen LogP contribution in [0.15, 0.2) is 40.2 Å². The number of guanidine groups is 1. The lowest BCUT2D eigenvalue weighted by Crippen LogP contribution is -2.50. The number of aromatic nitrogens is 2. The fourth-order valence-corrected chi connectivity index (χ4v) is 2.91. The molecule has 144 valence electrons. The molecule has 0 saturated carbocycles. The molecule has 2 unspecified atom stereocenters. The first-order valence-electron chi connectivity index (χ1n) is 8.32. The number of ether oxygens (including phenoxy) is 1. The Balaban J connectivity index is 0.00000243. The maximum absolute atomic E-state index is 10.6. The maximum Gasteiger partial charge on any atom is 0.193 e. The lowest BCUT2D eigenvalue weighted by molar-refractivity contribution is -0.00917. The van der Waals surface area contributed by atoms with E-state index in [1.165, 1.54) is 0 Å². The first-order valence-corrected chi connectivity index (χ1v) is 8.32. The highest BCUT2D eigenvalue weighted by Crippen LogP contribution is 2.22. The van der Waals surface area contributed by atoms with Crippen LogP contribution in [0.4, 0.5) is 0 Å². The fraction of sp³-hybridized carbons (Fsp3) is 0.529. The number of morpholine rings is 1. The van der Waals surface area contributed by atoms with Crippen molar-refractivity contribution in [2.75, 3.05) is 33.3 Å². The number of halogens is 1. The Labute approximate surface area is 170 Å². The summed E-state index contributed by atoms with van der Waals surface area (Å²) in [5, 5.41) is 18.0. The maximum atomic E-state index is 10.6. The van der Waals surface area contributed by atoms with Gasteiger partial charge in [0.05, 0.1) is 32.2 Å². The van der Waals surface area contributed by atoms with Gasteiger partial charge in [-0.15, -0.1) is 24.0 Å². The fourth-order valence-electron chi connectivity index (χ4n) is 2.91. The molecule has 3 heterocycles. The van der Waals surface area contributed by atoms with Gasteiger partial charge >= 0.3 is 0 Å². The molecule has 3 rings (SSSR count). The van der Waals surface area contributed by atoms with Gasteiger partial charge < -0.3 is 24.5 Å². The first kappa shape index (κ1) is 20.7. The van der Waals surface area contributed by atoms with Gasteiger partial charge in [0.15, 0.2) is 5.96 Å². The van der Waals surface area contributed by atoms with E-state index in [1.54, 1.807) is 37.0 Å². The SMILES string of the molecule is CN=C(NCC(C)(O)c1ccco1)N1CCOC(c2cnn(C)c2)C1.I. The van der Waals surface area contributed by atoms with E-state index in [0.717, 1.165) is 18.1 Å². The minimum absolute atomic E-state index is 0. The van der Waals surface area contributed by atoms with Gasteiger partial charge in [-0.05, 0) is 19.1 Å². The van der Waals surface area contributed by atoms with E-state index in [9.17, 15) is 5.11 Å². The van der Waals surface area contributed by atoms with Gasteiger partial charge in [-0.3, -0.25) is 9.67 Å². The molecule has 9 heteroatoms. The Morgan fingerprint density at radius 3 is 2.96 bits per heavy atom. The summed E-state index contributed by atoms with van der Waals surface area (Å²) in [7, 11) is 3.62. The van der Waals surface area contributed by atoms with E-state index in [4.69, 9.17) is 9.15 Å². The summed E-state index contributed by atoms with van der Waals surface area (Å²) in [6.07, 6.45) is 5.29. The zero-order chi connectivity index (χ0) is 17.9. The van der Waals surface area contributed by atoms with Gasteiger partial charge in [0.2, 0.25) is 0 Å². The number of furan rings is 1. The summed E-state index contributed by atoms with van der Waals surface area (Å²) >= 11 is 0. The van der Waals surface area contributed by atoms with Crippen molar-refractivity contribution in [3.63, 3.8) is 0 Å². The number of rotatable bonds is 4. The second kappa shape index (κ2) is 8.87. The van der Waals surface area contributed by atoms with E-state index in [1.807, 2.05) is 19.4 Å². The van der Waals surface area contributed by atoms with Crippen LogP contribution >= 0.6 is 24.0 Å². The van der Waals surface area contributed by atoms with Gasteiger partial charge in [-0.1, -0.05) is 0 Å². The van der Waals surface area contributed by atoms with Crippen LogP contribution in [0.2, 0.25) is 0 Å². The molecular weight excluding hydrogens is 449 g/mol. The first-order chi connectivity index (χ1) is 12.0. The molecule has 2 atom stereocenters. The molecule has 26 heavy (non-hydrogen) atoms. The second-order valence-electron chi connectivity index (χ2n) is 6.40. The molecule has 0 spiro atoms. The zero-order valence-electron chi connectivity index (χ0n) is 15.3. The number of aryl methyl sites for hydroxylation is 1. The van der Waals surface area contributed by atoms with Crippen LogP contribution in [-0.4, -0.2) is 59.0 Å². The molecule has 2 aromatic rings. The van der Waals surface area contributed by atoms with Crippen molar-refractivity contribution in [2.45, 2.75) is 18.6 Å². The molecule has 0 bridgehead atoms. The zero-order valence-corrected chi connectivity index (χ0v) is 17.6. The summed E-state index contributed by atoms with van der Waals surface area (Å²) < 4.78 is 12.9. The average Bonchev–Trinajstić information content (AvgIpc) is 3.27. The standard InChI is InChI=1S/C17H25N5O3.HI/c1-17(23,15-5-4-7-25-15)12-19-16(18-2)22-6-8-24-14(11-22)13-9-20-21(3)10-13;/h4-5,7,9-10,14,23H,6,8,11-12H2,1-3H3,(H,18,19);1H. The number of aliphatic hydroxyl groups is 1. The largest absolute Gasteiger partial charge is 0.466 e. The third-order valence-corrected chi connectivity index (χ3v) is 4.32. The molecule has 0 aliphatic carbocycles. The molecule has 0 radical (unpaired) electrons. The van der Waals surface area contributed by atoms with Gasteiger partial charge in [0.25, 0.3) is 0 Å². The summed E-state index contributed by atoms with van der Waals surface area (Å²) in [5.41, 5.74) is -0.0701. The molecular formula is C17H26IN5O3. The van der Waals surface area contributed by atoms with Crippen molar-refractivity contribution in [1.29, 1.82) is 0 Å². The van der Waals surface area contributed by atoms with Crippen molar-refractivity contribution < 1.29 is 14.3 Å². The van der Waals surface area contributed by atoms with E-state index >= 15 is 0 Å². The van der Waals surface area contributed by atoms with Crippen LogP contribution in [0.25, 0.3) is 0 Å². The normalized spacial score (nSPS) is 20.4.